The molecule has 4 nitrogen and oxygen atoms in total. The van der Waals surface area contributed by atoms with Gasteiger partial charge in [-0.3, -0.25) is 9.78 Å². The van der Waals surface area contributed by atoms with Gasteiger partial charge in [0.1, 0.15) is 0 Å². The lowest BCUT2D eigenvalue weighted by molar-refractivity contribution is -0.149. The molecule has 0 aromatic carbocycles. The van der Waals surface area contributed by atoms with Crippen molar-refractivity contribution >= 4 is 5.97 Å². The molecule has 1 heterocycles. The number of hydrogen-bond donors (Lipinski definition) is 1. The van der Waals surface area contributed by atoms with E-state index in [-0.39, 0.29) is 11.9 Å². The maximum Gasteiger partial charge on any atom is 0.308 e. The highest BCUT2D eigenvalue weighted by Crippen LogP contribution is 2.25. The van der Waals surface area contributed by atoms with E-state index in [1.807, 2.05) is 31.5 Å². The van der Waals surface area contributed by atoms with Gasteiger partial charge in [0.05, 0.1) is 12.5 Å². The fourth-order valence-electron chi connectivity index (χ4n) is 2.56. The monoisotopic (exact) mass is 262 g/mol. The van der Waals surface area contributed by atoms with Gasteiger partial charge in [-0.2, -0.15) is 0 Å². The summed E-state index contributed by atoms with van der Waals surface area (Å²) >= 11 is 0. The van der Waals surface area contributed by atoms with E-state index in [1.54, 1.807) is 0 Å². The first-order valence-corrected chi connectivity index (χ1v) is 7.08. The van der Waals surface area contributed by atoms with Gasteiger partial charge in [0, 0.05) is 25.0 Å². The van der Waals surface area contributed by atoms with Crippen molar-refractivity contribution in [2.24, 2.45) is 5.92 Å². The van der Waals surface area contributed by atoms with Gasteiger partial charge in [-0.1, -0.05) is 0 Å². The third kappa shape index (κ3) is 4.31. The molecule has 0 bridgehead atoms. The molecule has 1 fully saturated rings. The van der Waals surface area contributed by atoms with Crippen molar-refractivity contribution in [3.05, 3.63) is 30.1 Å². The number of nitrogens with zero attached hydrogens (tertiary/aromatic N) is 1. The number of pyridine rings is 1. The van der Waals surface area contributed by atoms with Gasteiger partial charge in [0.15, 0.2) is 0 Å². The molecule has 0 amide bonds. The van der Waals surface area contributed by atoms with Crippen LogP contribution in [0.5, 0.6) is 0 Å². The van der Waals surface area contributed by atoms with Gasteiger partial charge in [0.25, 0.3) is 0 Å². The van der Waals surface area contributed by atoms with E-state index in [9.17, 15) is 4.79 Å². The molecule has 1 saturated carbocycles. The number of esters is 1. The van der Waals surface area contributed by atoms with Gasteiger partial charge >= 0.3 is 5.97 Å². The minimum atomic E-state index is -0.0184. The molecule has 0 spiro atoms. The van der Waals surface area contributed by atoms with Crippen LogP contribution in [-0.4, -0.2) is 23.6 Å². The number of rotatable bonds is 5. The molecular formula is C15H22N2O2. The van der Waals surface area contributed by atoms with Crippen LogP contribution in [-0.2, 0) is 16.1 Å². The third-order valence-electron chi connectivity index (χ3n) is 3.69. The van der Waals surface area contributed by atoms with Gasteiger partial charge in [0.2, 0.25) is 0 Å². The summed E-state index contributed by atoms with van der Waals surface area (Å²) < 4.78 is 5.08. The quantitative estimate of drug-likeness (QED) is 0.827. The zero-order valence-electron chi connectivity index (χ0n) is 11.5. The van der Waals surface area contributed by atoms with Crippen molar-refractivity contribution in [3.63, 3.8) is 0 Å². The first kappa shape index (κ1) is 14.0. The number of hydrogen-bond acceptors (Lipinski definition) is 4. The second-order valence-electron chi connectivity index (χ2n) is 5.04. The third-order valence-corrected chi connectivity index (χ3v) is 3.69. The minimum Gasteiger partial charge on any atom is -0.466 e. The van der Waals surface area contributed by atoms with E-state index in [4.69, 9.17) is 4.74 Å². The lowest BCUT2D eigenvalue weighted by Crippen LogP contribution is -2.35. The number of ether oxygens (including phenoxy) is 1. The maximum absolute atomic E-state index is 11.6. The summed E-state index contributed by atoms with van der Waals surface area (Å²) in [5.41, 5.74) is 1.25. The molecule has 1 aromatic heterocycles. The molecule has 4 heteroatoms. The van der Waals surface area contributed by atoms with Crippen molar-refractivity contribution in [1.29, 1.82) is 0 Å². The van der Waals surface area contributed by atoms with E-state index >= 15 is 0 Å². The largest absolute Gasteiger partial charge is 0.466 e. The molecule has 2 rings (SSSR count). The van der Waals surface area contributed by atoms with Crippen molar-refractivity contribution < 1.29 is 9.53 Å². The Morgan fingerprint density at radius 2 is 2.00 bits per heavy atom. The van der Waals surface area contributed by atoms with Crippen LogP contribution in [0.4, 0.5) is 0 Å². The zero-order chi connectivity index (χ0) is 13.5. The molecule has 1 N–H and O–H groups in total. The molecule has 0 unspecified atom stereocenters. The Morgan fingerprint density at radius 3 is 2.63 bits per heavy atom. The molecule has 1 aliphatic rings. The highest BCUT2D eigenvalue weighted by molar-refractivity contribution is 5.72. The topological polar surface area (TPSA) is 51.2 Å². The second kappa shape index (κ2) is 7.24. The van der Waals surface area contributed by atoms with Crippen molar-refractivity contribution in [2.45, 2.75) is 45.2 Å². The normalized spacial score (nSPS) is 23.0. The summed E-state index contributed by atoms with van der Waals surface area (Å²) in [7, 11) is 0. The van der Waals surface area contributed by atoms with Crippen LogP contribution >= 0.6 is 0 Å². The van der Waals surface area contributed by atoms with Gasteiger partial charge in [-0.25, -0.2) is 0 Å². The number of aromatic nitrogens is 1. The predicted octanol–water partition coefficient (Wildman–Crippen LogP) is 2.29. The summed E-state index contributed by atoms with van der Waals surface area (Å²) in [5, 5.41) is 3.55. The number of carbonyl (C=O) groups excluding carboxylic acids is 1. The van der Waals surface area contributed by atoms with E-state index in [2.05, 4.69) is 10.3 Å². The highest BCUT2D eigenvalue weighted by atomic mass is 16.5. The van der Waals surface area contributed by atoms with E-state index < -0.39 is 0 Å². The van der Waals surface area contributed by atoms with Crippen molar-refractivity contribution in [1.82, 2.24) is 10.3 Å². The predicted molar refractivity (Wildman–Crippen MR) is 73.5 cm³/mol. The van der Waals surface area contributed by atoms with Crippen LogP contribution in [0.2, 0.25) is 0 Å². The molecular weight excluding hydrogens is 240 g/mol. The molecule has 104 valence electrons. The Hall–Kier alpha value is -1.42. The Balaban J connectivity index is 1.70. The molecule has 0 atom stereocenters. The molecule has 0 aliphatic heterocycles. The van der Waals surface area contributed by atoms with Crippen molar-refractivity contribution in [2.75, 3.05) is 6.61 Å². The Bertz CT molecular complexity index is 386. The van der Waals surface area contributed by atoms with E-state index in [0.717, 1.165) is 32.2 Å². The second-order valence-corrected chi connectivity index (χ2v) is 5.04. The van der Waals surface area contributed by atoms with E-state index in [1.165, 1.54) is 5.56 Å². The molecule has 0 saturated heterocycles. The summed E-state index contributed by atoms with van der Waals surface area (Å²) in [6.45, 7) is 3.22. The summed E-state index contributed by atoms with van der Waals surface area (Å²) in [6, 6.07) is 4.56. The Kier molecular flexibility index (Phi) is 5.33. The zero-order valence-corrected chi connectivity index (χ0v) is 11.5. The molecule has 19 heavy (non-hydrogen) atoms. The summed E-state index contributed by atoms with van der Waals surface area (Å²) in [6.07, 6.45) is 7.60. The van der Waals surface area contributed by atoms with Gasteiger partial charge in [-0.05, 0) is 50.3 Å². The SMILES string of the molecule is CCOC(=O)C1CCC(NCc2ccncc2)CC1. The average Bonchev–Trinajstić information content (AvgIpc) is 2.47. The van der Waals surface area contributed by atoms with Crippen LogP contribution in [0.3, 0.4) is 0 Å². The molecule has 0 radical (unpaired) electrons. The van der Waals surface area contributed by atoms with Gasteiger partial charge in [-0.15, -0.1) is 0 Å². The summed E-state index contributed by atoms with van der Waals surface area (Å²) in [4.78, 5) is 15.6. The smallest absolute Gasteiger partial charge is 0.308 e. The Labute approximate surface area is 114 Å². The molecule has 1 aliphatic carbocycles. The van der Waals surface area contributed by atoms with Crippen LogP contribution in [0.1, 0.15) is 38.2 Å². The molecule has 1 aromatic rings. The fraction of sp³-hybridized carbons (Fsp3) is 0.600. The van der Waals surface area contributed by atoms with Crippen LogP contribution in [0.15, 0.2) is 24.5 Å². The van der Waals surface area contributed by atoms with Crippen LogP contribution in [0, 0.1) is 5.92 Å². The number of nitrogens with one attached hydrogen (secondary N) is 1. The fourth-order valence-corrected chi connectivity index (χ4v) is 2.56. The Morgan fingerprint density at radius 1 is 1.32 bits per heavy atom. The summed E-state index contributed by atoms with van der Waals surface area (Å²) in [5.74, 6) is 0.0917. The van der Waals surface area contributed by atoms with Gasteiger partial charge < -0.3 is 10.1 Å². The van der Waals surface area contributed by atoms with E-state index in [0.29, 0.717) is 12.6 Å². The highest BCUT2D eigenvalue weighted by Gasteiger charge is 2.26. The maximum atomic E-state index is 11.6. The average molecular weight is 262 g/mol. The first-order chi connectivity index (χ1) is 9.29. The standard InChI is InChI=1S/C15H22N2O2/c1-2-19-15(18)13-3-5-14(6-4-13)17-11-12-7-9-16-10-8-12/h7-10,13-14,17H,2-6,11H2,1H3. The first-order valence-electron chi connectivity index (χ1n) is 7.08. The lowest BCUT2D eigenvalue weighted by atomic mass is 9.86. The minimum absolute atomic E-state index is 0.0184. The lowest BCUT2D eigenvalue weighted by Gasteiger charge is -2.28. The van der Waals surface area contributed by atoms with Crippen LogP contribution in [0.25, 0.3) is 0 Å². The van der Waals surface area contributed by atoms with Crippen molar-refractivity contribution in [3.8, 4) is 0 Å². The number of carbonyl (C=O) groups is 1. The van der Waals surface area contributed by atoms with Crippen LogP contribution < -0.4 is 5.32 Å².